The maximum Gasteiger partial charge on any atom is 0.242 e. The quantitative estimate of drug-likeness (QED) is 0.662. The van der Waals surface area contributed by atoms with E-state index in [-0.39, 0.29) is 17.7 Å². The number of hydrogen-bond acceptors (Lipinski definition) is 4. The Labute approximate surface area is 111 Å². The molecule has 0 radical (unpaired) electrons. The lowest BCUT2D eigenvalue weighted by Crippen LogP contribution is -2.39. The SMILES string of the molecule is CC(C)C(=O)NCCNC(=O)C(N)c1cccs1. The van der Waals surface area contributed by atoms with Gasteiger partial charge in [0.05, 0.1) is 0 Å². The number of amides is 2. The minimum atomic E-state index is -0.634. The maximum absolute atomic E-state index is 11.7. The highest BCUT2D eigenvalue weighted by atomic mass is 32.1. The van der Waals surface area contributed by atoms with E-state index >= 15 is 0 Å². The number of thiophene rings is 1. The largest absolute Gasteiger partial charge is 0.354 e. The molecule has 18 heavy (non-hydrogen) atoms. The number of carbonyl (C=O) groups excluding carboxylic acids is 2. The highest BCUT2D eigenvalue weighted by molar-refractivity contribution is 7.10. The predicted octanol–water partition coefficient (Wildman–Crippen LogP) is 0.636. The van der Waals surface area contributed by atoms with Crippen LogP contribution in [0.1, 0.15) is 24.8 Å². The zero-order chi connectivity index (χ0) is 13.5. The van der Waals surface area contributed by atoms with Gasteiger partial charge in [0.15, 0.2) is 0 Å². The second-order valence-electron chi connectivity index (χ2n) is 4.23. The second kappa shape index (κ2) is 7.13. The molecule has 2 amide bonds. The number of nitrogens with one attached hydrogen (secondary N) is 2. The average Bonchev–Trinajstić information content (AvgIpc) is 2.86. The van der Waals surface area contributed by atoms with Crippen LogP contribution in [0.15, 0.2) is 17.5 Å². The van der Waals surface area contributed by atoms with Crippen LogP contribution >= 0.6 is 11.3 Å². The molecule has 1 heterocycles. The van der Waals surface area contributed by atoms with Crippen molar-refractivity contribution in [3.63, 3.8) is 0 Å². The van der Waals surface area contributed by atoms with Crippen molar-refractivity contribution in [3.8, 4) is 0 Å². The molecular weight excluding hydrogens is 250 g/mol. The fraction of sp³-hybridized carbons (Fsp3) is 0.500. The van der Waals surface area contributed by atoms with Gasteiger partial charge >= 0.3 is 0 Å². The van der Waals surface area contributed by atoms with Gasteiger partial charge < -0.3 is 16.4 Å². The Kier molecular flexibility index (Phi) is 5.80. The van der Waals surface area contributed by atoms with Crippen LogP contribution in [0, 0.1) is 5.92 Å². The summed E-state index contributed by atoms with van der Waals surface area (Å²) in [7, 11) is 0. The number of nitrogens with two attached hydrogens (primary N) is 1. The Morgan fingerprint density at radius 2 is 1.89 bits per heavy atom. The molecule has 1 rings (SSSR count). The van der Waals surface area contributed by atoms with Gasteiger partial charge in [-0.05, 0) is 11.4 Å². The first-order chi connectivity index (χ1) is 8.52. The Morgan fingerprint density at radius 3 is 2.39 bits per heavy atom. The minimum absolute atomic E-state index is 0.0215. The fourth-order valence-electron chi connectivity index (χ4n) is 1.28. The van der Waals surface area contributed by atoms with Crippen molar-refractivity contribution in [1.29, 1.82) is 0 Å². The van der Waals surface area contributed by atoms with E-state index in [4.69, 9.17) is 5.73 Å². The topological polar surface area (TPSA) is 84.2 Å². The summed E-state index contributed by atoms with van der Waals surface area (Å²) in [5, 5.41) is 7.29. The number of rotatable bonds is 6. The number of carbonyl (C=O) groups is 2. The molecule has 4 N–H and O–H groups in total. The Morgan fingerprint density at radius 1 is 1.28 bits per heavy atom. The summed E-state index contributed by atoms with van der Waals surface area (Å²) in [5.74, 6) is -0.294. The molecule has 100 valence electrons. The summed E-state index contributed by atoms with van der Waals surface area (Å²) in [6.45, 7) is 4.44. The van der Waals surface area contributed by atoms with E-state index < -0.39 is 6.04 Å². The van der Waals surface area contributed by atoms with Gasteiger partial charge in [0.1, 0.15) is 6.04 Å². The number of hydrogen-bond donors (Lipinski definition) is 3. The molecule has 6 heteroatoms. The Balaban J connectivity index is 2.24. The normalized spacial score (nSPS) is 12.2. The van der Waals surface area contributed by atoms with Crippen molar-refractivity contribution in [2.24, 2.45) is 11.7 Å². The summed E-state index contributed by atoms with van der Waals surface area (Å²) in [6.07, 6.45) is 0. The van der Waals surface area contributed by atoms with E-state index in [2.05, 4.69) is 10.6 Å². The third-order valence-corrected chi connectivity index (χ3v) is 3.34. The van der Waals surface area contributed by atoms with E-state index in [0.29, 0.717) is 13.1 Å². The van der Waals surface area contributed by atoms with Gasteiger partial charge in [0.2, 0.25) is 11.8 Å². The zero-order valence-corrected chi connectivity index (χ0v) is 11.4. The van der Waals surface area contributed by atoms with E-state index in [0.717, 1.165) is 4.88 Å². The van der Waals surface area contributed by atoms with Crippen LogP contribution in [-0.4, -0.2) is 24.9 Å². The van der Waals surface area contributed by atoms with Crippen LogP contribution in [-0.2, 0) is 9.59 Å². The zero-order valence-electron chi connectivity index (χ0n) is 10.6. The molecule has 1 unspecified atom stereocenters. The molecule has 0 aliphatic carbocycles. The first-order valence-corrected chi connectivity index (χ1v) is 6.74. The standard InChI is InChI=1S/C12H19N3O2S/c1-8(2)11(16)14-5-6-15-12(17)10(13)9-4-3-7-18-9/h3-4,7-8,10H,5-6,13H2,1-2H3,(H,14,16)(H,15,17). The van der Waals surface area contributed by atoms with Crippen LogP contribution < -0.4 is 16.4 Å². The molecule has 0 bridgehead atoms. The van der Waals surface area contributed by atoms with Crippen molar-refractivity contribution in [1.82, 2.24) is 10.6 Å². The van der Waals surface area contributed by atoms with E-state index in [1.165, 1.54) is 11.3 Å². The summed E-state index contributed by atoms with van der Waals surface area (Å²) < 4.78 is 0. The molecular formula is C12H19N3O2S. The molecule has 0 saturated carbocycles. The van der Waals surface area contributed by atoms with Crippen molar-refractivity contribution in [2.45, 2.75) is 19.9 Å². The molecule has 5 nitrogen and oxygen atoms in total. The summed E-state index contributed by atoms with van der Waals surface area (Å²) >= 11 is 1.45. The van der Waals surface area contributed by atoms with Crippen molar-refractivity contribution >= 4 is 23.2 Å². The molecule has 1 aromatic rings. The molecule has 0 spiro atoms. The first-order valence-electron chi connectivity index (χ1n) is 5.86. The van der Waals surface area contributed by atoms with Gasteiger partial charge in [0.25, 0.3) is 0 Å². The molecule has 0 aromatic carbocycles. The monoisotopic (exact) mass is 269 g/mol. The predicted molar refractivity (Wildman–Crippen MR) is 72.1 cm³/mol. The van der Waals surface area contributed by atoms with Gasteiger partial charge in [-0.1, -0.05) is 19.9 Å². The van der Waals surface area contributed by atoms with Gasteiger partial charge in [-0.25, -0.2) is 0 Å². The molecule has 0 fully saturated rings. The lowest BCUT2D eigenvalue weighted by Gasteiger charge is -2.11. The van der Waals surface area contributed by atoms with Crippen LogP contribution in [0.5, 0.6) is 0 Å². The summed E-state index contributed by atoms with van der Waals surface area (Å²) in [6, 6.07) is 3.05. The summed E-state index contributed by atoms with van der Waals surface area (Å²) in [5.41, 5.74) is 5.78. The third kappa shape index (κ3) is 4.46. The second-order valence-corrected chi connectivity index (χ2v) is 5.21. The average molecular weight is 269 g/mol. The fourth-order valence-corrected chi connectivity index (χ4v) is 2.01. The van der Waals surface area contributed by atoms with Gasteiger partial charge in [0, 0.05) is 23.9 Å². The van der Waals surface area contributed by atoms with E-state index in [9.17, 15) is 9.59 Å². The lowest BCUT2D eigenvalue weighted by molar-refractivity contribution is -0.125. The van der Waals surface area contributed by atoms with Gasteiger partial charge in [-0.2, -0.15) is 0 Å². The van der Waals surface area contributed by atoms with E-state index in [1.54, 1.807) is 0 Å². The van der Waals surface area contributed by atoms with Crippen molar-refractivity contribution in [3.05, 3.63) is 22.4 Å². The smallest absolute Gasteiger partial charge is 0.242 e. The molecule has 0 aliphatic heterocycles. The van der Waals surface area contributed by atoms with Crippen molar-refractivity contribution < 1.29 is 9.59 Å². The Bertz CT molecular complexity index is 390. The first kappa shape index (κ1) is 14.7. The van der Waals surface area contributed by atoms with Crippen LogP contribution in [0.2, 0.25) is 0 Å². The third-order valence-electron chi connectivity index (χ3n) is 2.38. The Hall–Kier alpha value is -1.40. The van der Waals surface area contributed by atoms with E-state index in [1.807, 2.05) is 31.4 Å². The highest BCUT2D eigenvalue weighted by Crippen LogP contribution is 2.16. The highest BCUT2D eigenvalue weighted by Gasteiger charge is 2.15. The van der Waals surface area contributed by atoms with Crippen molar-refractivity contribution in [2.75, 3.05) is 13.1 Å². The van der Waals surface area contributed by atoms with Gasteiger partial charge in [-0.15, -0.1) is 11.3 Å². The molecule has 1 atom stereocenters. The molecule has 0 saturated heterocycles. The van der Waals surface area contributed by atoms with Crippen LogP contribution in [0.4, 0.5) is 0 Å². The van der Waals surface area contributed by atoms with Gasteiger partial charge in [-0.3, -0.25) is 9.59 Å². The summed E-state index contributed by atoms with van der Waals surface area (Å²) in [4.78, 5) is 23.8. The maximum atomic E-state index is 11.7. The molecule has 0 aliphatic rings. The minimum Gasteiger partial charge on any atom is -0.354 e. The molecule has 1 aromatic heterocycles. The van der Waals surface area contributed by atoms with Crippen LogP contribution in [0.25, 0.3) is 0 Å². The van der Waals surface area contributed by atoms with Crippen LogP contribution in [0.3, 0.4) is 0 Å². The lowest BCUT2D eigenvalue weighted by atomic mass is 10.2.